The molecule has 0 radical (unpaired) electrons. The van der Waals surface area contributed by atoms with E-state index in [1.165, 1.54) is 5.56 Å². The van der Waals surface area contributed by atoms with Crippen molar-refractivity contribution in [3.05, 3.63) is 35.9 Å². The maximum absolute atomic E-state index is 7.80. The average Bonchev–Trinajstić information content (AvgIpc) is 2.38. The third-order valence-corrected chi connectivity index (χ3v) is 2.68. The Labute approximate surface area is 95.1 Å². The zero-order valence-electron chi connectivity index (χ0n) is 11.2. The van der Waals surface area contributed by atoms with Crippen molar-refractivity contribution < 1.29 is 2.74 Å². The lowest BCUT2D eigenvalue weighted by Gasteiger charge is -2.22. The first-order valence-electron chi connectivity index (χ1n) is 6.59. The predicted octanol–water partition coefficient (Wildman–Crippen LogP) is 1.87. The zero-order valence-corrected chi connectivity index (χ0v) is 9.24. The molecule has 0 amide bonds. The number of benzene rings is 1. The molecule has 0 spiro atoms. The first-order chi connectivity index (χ1) is 8.05. The molecular formula is C13H20N2. The summed E-state index contributed by atoms with van der Waals surface area (Å²) in [7, 11) is 0. The number of rotatable bonds is 2. The van der Waals surface area contributed by atoms with E-state index in [1.807, 2.05) is 25.1 Å². The Kier molecular flexibility index (Phi) is 2.93. The molecule has 1 N–H and O–H groups in total. The molecular weight excluding hydrogens is 184 g/mol. The molecule has 1 atom stereocenters. The smallest absolute Gasteiger partial charge is 0.0428 e. The van der Waals surface area contributed by atoms with E-state index in [2.05, 4.69) is 22.3 Å². The molecule has 0 aliphatic carbocycles. The van der Waals surface area contributed by atoms with Crippen molar-refractivity contribution in [1.29, 1.82) is 0 Å². The highest BCUT2D eigenvalue weighted by atomic mass is 15.2. The Morgan fingerprint density at radius 2 is 2.27 bits per heavy atom. The standard InChI is InChI=1S/C13H20N2/c1-12-10-15(9-5-8-14-12)11-13-6-3-2-4-7-13/h2-4,6-7,12,14H,5,8-11H2,1H3/i8D2. The van der Waals surface area contributed by atoms with E-state index in [4.69, 9.17) is 2.74 Å². The zero-order chi connectivity index (χ0) is 12.3. The van der Waals surface area contributed by atoms with Crippen LogP contribution in [0.5, 0.6) is 0 Å². The first-order valence-corrected chi connectivity index (χ1v) is 5.59. The fourth-order valence-electron chi connectivity index (χ4n) is 1.97. The fourth-order valence-corrected chi connectivity index (χ4v) is 1.97. The van der Waals surface area contributed by atoms with Gasteiger partial charge in [0.2, 0.25) is 0 Å². The van der Waals surface area contributed by atoms with Crippen molar-refractivity contribution in [3.63, 3.8) is 0 Å². The number of nitrogens with zero attached hydrogens (tertiary/aromatic N) is 1. The average molecular weight is 206 g/mol. The number of hydrogen-bond acceptors (Lipinski definition) is 2. The van der Waals surface area contributed by atoms with Crippen molar-refractivity contribution >= 4 is 0 Å². The van der Waals surface area contributed by atoms with Gasteiger partial charge in [0, 0.05) is 21.9 Å². The van der Waals surface area contributed by atoms with Crippen molar-refractivity contribution in [1.82, 2.24) is 10.2 Å². The lowest BCUT2D eigenvalue weighted by atomic mass is 10.2. The molecule has 1 aliphatic heterocycles. The van der Waals surface area contributed by atoms with Crippen LogP contribution in [0.3, 0.4) is 0 Å². The minimum atomic E-state index is -1.23. The minimum Gasteiger partial charge on any atom is -0.313 e. The lowest BCUT2D eigenvalue weighted by molar-refractivity contribution is 0.265. The van der Waals surface area contributed by atoms with Gasteiger partial charge in [-0.05, 0) is 31.9 Å². The van der Waals surface area contributed by atoms with E-state index in [0.717, 1.165) is 19.6 Å². The second-order valence-electron chi connectivity index (χ2n) is 4.19. The summed E-state index contributed by atoms with van der Waals surface area (Å²) in [6, 6.07) is 10.6. The fraction of sp³-hybridized carbons (Fsp3) is 0.538. The van der Waals surface area contributed by atoms with Gasteiger partial charge >= 0.3 is 0 Å². The molecule has 1 aliphatic rings. The lowest BCUT2D eigenvalue weighted by Crippen LogP contribution is -2.34. The largest absolute Gasteiger partial charge is 0.313 e. The molecule has 1 fully saturated rings. The van der Waals surface area contributed by atoms with Crippen LogP contribution >= 0.6 is 0 Å². The highest BCUT2D eigenvalue weighted by Gasteiger charge is 2.13. The quantitative estimate of drug-likeness (QED) is 0.794. The van der Waals surface area contributed by atoms with Crippen LogP contribution in [0.25, 0.3) is 0 Å². The van der Waals surface area contributed by atoms with E-state index < -0.39 is 6.50 Å². The van der Waals surface area contributed by atoms with Crippen LogP contribution in [0.4, 0.5) is 0 Å². The third kappa shape index (κ3) is 3.33. The summed E-state index contributed by atoms with van der Waals surface area (Å²) in [5, 5.41) is 3.03. The molecule has 1 aromatic rings. The minimum absolute atomic E-state index is 0.191. The summed E-state index contributed by atoms with van der Waals surface area (Å²) in [6.45, 7) is 3.42. The van der Waals surface area contributed by atoms with Gasteiger partial charge in [0.15, 0.2) is 0 Å². The maximum Gasteiger partial charge on any atom is 0.0428 e. The molecule has 1 heterocycles. The van der Waals surface area contributed by atoms with Crippen LogP contribution in [-0.4, -0.2) is 30.5 Å². The van der Waals surface area contributed by atoms with Crippen LogP contribution in [0, 0.1) is 0 Å². The van der Waals surface area contributed by atoms with Crippen LogP contribution in [0.15, 0.2) is 30.3 Å². The normalized spacial score (nSPS) is 29.0. The van der Waals surface area contributed by atoms with E-state index in [1.54, 1.807) is 0 Å². The third-order valence-electron chi connectivity index (χ3n) is 2.68. The van der Waals surface area contributed by atoms with Crippen molar-refractivity contribution in [3.8, 4) is 0 Å². The van der Waals surface area contributed by atoms with E-state index >= 15 is 0 Å². The molecule has 82 valence electrons. The van der Waals surface area contributed by atoms with Gasteiger partial charge < -0.3 is 5.32 Å². The SMILES string of the molecule is [2H]C1([2H])CCN(Cc2ccccc2)CC(C)N1. The number of hydrogen-bond donors (Lipinski definition) is 1. The summed E-state index contributed by atoms with van der Waals surface area (Å²) in [6.07, 6.45) is 0.546. The van der Waals surface area contributed by atoms with Gasteiger partial charge in [0.1, 0.15) is 0 Å². The Morgan fingerprint density at radius 3 is 3.07 bits per heavy atom. The molecule has 0 aromatic heterocycles. The van der Waals surface area contributed by atoms with Crippen molar-refractivity contribution in [2.75, 3.05) is 19.6 Å². The van der Waals surface area contributed by atoms with Gasteiger partial charge in [0.05, 0.1) is 0 Å². The highest BCUT2D eigenvalue weighted by Crippen LogP contribution is 2.07. The van der Waals surface area contributed by atoms with Crippen LogP contribution < -0.4 is 5.32 Å². The molecule has 1 saturated heterocycles. The summed E-state index contributed by atoms with van der Waals surface area (Å²) >= 11 is 0. The van der Waals surface area contributed by atoms with E-state index in [-0.39, 0.29) is 6.04 Å². The predicted molar refractivity (Wildman–Crippen MR) is 63.8 cm³/mol. The summed E-state index contributed by atoms with van der Waals surface area (Å²) in [5.74, 6) is 0. The Bertz CT molecular complexity index is 354. The Balaban J connectivity index is 1.98. The van der Waals surface area contributed by atoms with E-state index in [9.17, 15) is 0 Å². The molecule has 15 heavy (non-hydrogen) atoms. The van der Waals surface area contributed by atoms with Gasteiger partial charge in [-0.2, -0.15) is 0 Å². The summed E-state index contributed by atoms with van der Waals surface area (Å²) < 4.78 is 15.6. The van der Waals surface area contributed by atoms with Crippen molar-refractivity contribution in [2.45, 2.75) is 25.9 Å². The van der Waals surface area contributed by atoms with Crippen molar-refractivity contribution in [2.24, 2.45) is 0 Å². The topological polar surface area (TPSA) is 15.3 Å². The number of nitrogens with one attached hydrogen (secondary N) is 1. The van der Waals surface area contributed by atoms with Gasteiger partial charge in [-0.15, -0.1) is 0 Å². The molecule has 1 aromatic carbocycles. The Morgan fingerprint density at radius 1 is 1.47 bits per heavy atom. The highest BCUT2D eigenvalue weighted by molar-refractivity contribution is 5.14. The van der Waals surface area contributed by atoms with Gasteiger partial charge in [0.25, 0.3) is 0 Å². The second-order valence-corrected chi connectivity index (χ2v) is 4.19. The van der Waals surface area contributed by atoms with Crippen LogP contribution in [-0.2, 0) is 6.54 Å². The molecule has 2 heteroatoms. The van der Waals surface area contributed by atoms with Crippen LogP contribution in [0.1, 0.15) is 21.6 Å². The maximum atomic E-state index is 7.80. The monoisotopic (exact) mass is 206 g/mol. The molecule has 0 saturated carbocycles. The van der Waals surface area contributed by atoms with Gasteiger partial charge in [-0.1, -0.05) is 30.3 Å². The summed E-state index contributed by atoms with van der Waals surface area (Å²) in [4.78, 5) is 2.32. The van der Waals surface area contributed by atoms with Crippen LogP contribution in [0.2, 0.25) is 0 Å². The molecule has 1 unspecified atom stereocenters. The molecule has 0 bridgehead atoms. The summed E-state index contributed by atoms with van der Waals surface area (Å²) in [5.41, 5.74) is 1.29. The molecule has 2 nitrogen and oxygen atoms in total. The molecule has 2 rings (SSSR count). The second kappa shape index (κ2) is 5.29. The van der Waals surface area contributed by atoms with Gasteiger partial charge in [-0.25, -0.2) is 0 Å². The first kappa shape index (κ1) is 8.31. The van der Waals surface area contributed by atoms with Gasteiger partial charge in [-0.3, -0.25) is 4.90 Å². The van der Waals surface area contributed by atoms with E-state index in [0.29, 0.717) is 6.42 Å². The Hall–Kier alpha value is -0.860.